The molecule has 18 heavy (non-hydrogen) atoms. The highest BCUT2D eigenvalue weighted by atomic mass is 15.2. The summed E-state index contributed by atoms with van der Waals surface area (Å²) in [5.41, 5.74) is 6.94. The summed E-state index contributed by atoms with van der Waals surface area (Å²) in [5.74, 6) is 0. The molecule has 0 bridgehead atoms. The highest BCUT2D eigenvalue weighted by Gasteiger charge is 2.19. The summed E-state index contributed by atoms with van der Waals surface area (Å²) in [5, 5.41) is 3.20. The standard InChI is InChI=1S/C16H14N2/c1-2-4-15-12(3-1)9-13-10-14(5-6-16(13)15)18-8-7-17-11-18/h1-8,10,17H,9,11H2. The Morgan fingerprint density at radius 2 is 1.83 bits per heavy atom. The van der Waals surface area contributed by atoms with Crippen LogP contribution >= 0.6 is 0 Å². The minimum absolute atomic E-state index is 0.867. The SMILES string of the molecule is C1=CN(c2ccc3c(c2)Cc2ccccc2-3)CN1. The number of benzene rings is 2. The lowest BCUT2D eigenvalue weighted by Crippen LogP contribution is -2.19. The molecule has 0 amide bonds. The smallest absolute Gasteiger partial charge is 0.0916 e. The molecule has 0 saturated heterocycles. The largest absolute Gasteiger partial charge is 0.372 e. The zero-order valence-electron chi connectivity index (χ0n) is 10.1. The number of nitrogens with one attached hydrogen (secondary N) is 1. The minimum Gasteiger partial charge on any atom is -0.372 e. The molecule has 0 saturated carbocycles. The second kappa shape index (κ2) is 3.64. The van der Waals surface area contributed by atoms with Gasteiger partial charge in [-0.15, -0.1) is 0 Å². The molecule has 0 radical (unpaired) electrons. The van der Waals surface area contributed by atoms with E-state index in [-0.39, 0.29) is 0 Å². The van der Waals surface area contributed by atoms with Gasteiger partial charge < -0.3 is 10.2 Å². The Morgan fingerprint density at radius 3 is 2.72 bits per heavy atom. The van der Waals surface area contributed by atoms with Crippen molar-refractivity contribution < 1.29 is 0 Å². The fourth-order valence-electron chi connectivity index (χ4n) is 2.83. The Balaban J connectivity index is 1.79. The van der Waals surface area contributed by atoms with Crippen LogP contribution in [0.15, 0.2) is 54.9 Å². The number of nitrogens with zero attached hydrogens (tertiary/aromatic N) is 1. The van der Waals surface area contributed by atoms with Crippen molar-refractivity contribution in [2.75, 3.05) is 11.6 Å². The summed E-state index contributed by atoms with van der Waals surface area (Å²) in [6.45, 7) is 0.867. The van der Waals surface area contributed by atoms with E-state index in [1.165, 1.54) is 27.9 Å². The zero-order chi connectivity index (χ0) is 11.9. The van der Waals surface area contributed by atoms with Crippen molar-refractivity contribution in [2.24, 2.45) is 0 Å². The van der Waals surface area contributed by atoms with Crippen molar-refractivity contribution in [3.8, 4) is 11.1 Å². The second-order valence-electron chi connectivity index (χ2n) is 4.82. The van der Waals surface area contributed by atoms with E-state index < -0.39 is 0 Å². The van der Waals surface area contributed by atoms with E-state index in [2.05, 4.69) is 58.9 Å². The zero-order valence-corrected chi connectivity index (χ0v) is 10.1. The first-order valence-electron chi connectivity index (χ1n) is 6.30. The molecule has 1 aliphatic heterocycles. The molecule has 1 aliphatic carbocycles. The van der Waals surface area contributed by atoms with Crippen molar-refractivity contribution >= 4 is 5.69 Å². The molecule has 2 aromatic carbocycles. The summed E-state index contributed by atoms with van der Waals surface area (Å²) in [4.78, 5) is 2.23. The predicted octanol–water partition coefficient (Wildman–Crippen LogP) is 3.10. The Kier molecular flexibility index (Phi) is 1.97. The molecule has 2 nitrogen and oxygen atoms in total. The summed E-state index contributed by atoms with van der Waals surface area (Å²) in [6.07, 6.45) is 5.14. The van der Waals surface area contributed by atoms with Gasteiger partial charge in [-0.05, 0) is 40.8 Å². The highest BCUT2D eigenvalue weighted by Crippen LogP contribution is 2.38. The number of rotatable bonds is 1. The molecular weight excluding hydrogens is 220 g/mol. The monoisotopic (exact) mass is 234 g/mol. The molecule has 1 N–H and O–H groups in total. The Bertz CT molecular complexity index is 643. The topological polar surface area (TPSA) is 15.3 Å². The molecule has 2 heteroatoms. The second-order valence-corrected chi connectivity index (χ2v) is 4.82. The summed E-state index contributed by atoms with van der Waals surface area (Å²) >= 11 is 0. The Morgan fingerprint density at radius 1 is 0.944 bits per heavy atom. The quantitative estimate of drug-likeness (QED) is 0.696. The maximum absolute atomic E-state index is 3.20. The van der Waals surface area contributed by atoms with E-state index in [9.17, 15) is 0 Å². The van der Waals surface area contributed by atoms with Gasteiger partial charge in [-0.3, -0.25) is 0 Å². The van der Waals surface area contributed by atoms with Crippen molar-refractivity contribution in [3.05, 3.63) is 66.0 Å². The number of fused-ring (bicyclic) bond motifs is 3. The molecule has 2 aliphatic rings. The average Bonchev–Trinajstić information content (AvgIpc) is 3.05. The van der Waals surface area contributed by atoms with E-state index in [0.717, 1.165) is 13.1 Å². The first-order chi connectivity index (χ1) is 8.92. The summed E-state index contributed by atoms with van der Waals surface area (Å²) < 4.78 is 0. The van der Waals surface area contributed by atoms with Gasteiger partial charge in [0.1, 0.15) is 0 Å². The molecule has 0 aromatic heterocycles. The summed E-state index contributed by atoms with van der Waals surface area (Å²) in [6, 6.07) is 15.5. The van der Waals surface area contributed by atoms with Crippen LogP contribution in [0.3, 0.4) is 0 Å². The minimum atomic E-state index is 0.867. The first kappa shape index (κ1) is 9.77. The van der Waals surface area contributed by atoms with E-state index in [1.54, 1.807) is 0 Å². The van der Waals surface area contributed by atoms with Gasteiger partial charge in [0.2, 0.25) is 0 Å². The lowest BCUT2D eigenvalue weighted by atomic mass is 10.1. The number of hydrogen-bond donors (Lipinski definition) is 1. The molecule has 0 spiro atoms. The Labute approximate surface area is 107 Å². The van der Waals surface area contributed by atoms with E-state index >= 15 is 0 Å². The van der Waals surface area contributed by atoms with Crippen LogP contribution in [0.2, 0.25) is 0 Å². The number of hydrogen-bond acceptors (Lipinski definition) is 2. The van der Waals surface area contributed by atoms with Gasteiger partial charge in [0.05, 0.1) is 6.67 Å². The van der Waals surface area contributed by atoms with Crippen LogP contribution in [-0.4, -0.2) is 6.67 Å². The van der Waals surface area contributed by atoms with Crippen LogP contribution in [0.5, 0.6) is 0 Å². The van der Waals surface area contributed by atoms with Gasteiger partial charge in [-0.25, -0.2) is 0 Å². The molecule has 0 unspecified atom stereocenters. The van der Waals surface area contributed by atoms with Crippen LogP contribution < -0.4 is 10.2 Å². The maximum Gasteiger partial charge on any atom is 0.0916 e. The van der Waals surface area contributed by atoms with Gasteiger partial charge in [-0.1, -0.05) is 30.3 Å². The molecule has 1 heterocycles. The van der Waals surface area contributed by atoms with Crippen LogP contribution in [0, 0.1) is 0 Å². The normalized spacial score (nSPS) is 15.4. The van der Waals surface area contributed by atoms with Crippen molar-refractivity contribution in [1.29, 1.82) is 0 Å². The van der Waals surface area contributed by atoms with Crippen LogP contribution in [0.4, 0.5) is 5.69 Å². The molecule has 0 fully saturated rings. The third kappa shape index (κ3) is 1.35. The fourth-order valence-corrected chi connectivity index (χ4v) is 2.83. The van der Waals surface area contributed by atoms with E-state index in [0.29, 0.717) is 0 Å². The third-order valence-electron chi connectivity index (χ3n) is 3.74. The first-order valence-corrected chi connectivity index (χ1v) is 6.30. The average molecular weight is 234 g/mol. The molecule has 2 aromatic rings. The maximum atomic E-state index is 3.20. The third-order valence-corrected chi connectivity index (χ3v) is 3.74. The van der Waals surface area contributed by atoms with Gasteiger partial charge in [0.25, 0.3) is 0 Å². The highest BCUT2D eigenvalue weighted by molar-refractivity contribution is 5.78. The van der Waals surface area contributed by atoms with E-state index in [1.807, 2.05) is 6.20 Å². The van der Waals surface area contributed by atoms with Gasteiger partial charge >= 0.3 is 0 Å². The predicted molar refractivity (Wildman–Crippen MR) is 74.3 cm³/mol. The molecule has 4 rings (SSSR count). The van der Waals surface area contributed by atoms with Gasteiger partial charge in [0.15, 0.2) is 0 Å². The molecule has 0 atom stereocenters. The molecular formula is C16H14N2. The molecule has 88 valence electrons. The van der Waals surface area contributed by atoms with Crippen molar-refractivity contribution in [3.63, 3.8) is 0 Å². The van der Waals surface area contributed by atoms with Crippen molar-refractivity contribution in [2.45, 2.75) is 6.42 Å². The Hall–Kier alpha value is -2.22. The van der Waals surface area contributed by atoms with Gasteiger partial charge in [0, 0.05) is 18.1 Å². The van der Waals surface area contributed by atoms with Crippen LogP contribution in [-0.2, 0) is 6.42 Å². The lowest BCUT2D eigenvalue weighted by molar-refractivity contribution is 0.900. The van der Waals surface area contributed by atoms with Crippen molar-refractivity contribution in [1.82, 2.24) is 5.32 Å². The number of anilines is 1. The van der Waals surface area contributed by atoms with E-state index in [4.69, 9.17) is 0 Å². The van der Waals surface area contributed by atoms with Crippen LogP contribution in [0.1, 0.15) is 11.1 Å². The van der Waals surface area contributed by atoms with Crippen LogP contribution in [0.25, 0.3) is 11.1 Å². The van der Waals surface area contributed by atoms with Gasteiger partial charge in [-0.2, -0.15) is 0 Å². The summed E-state index contributed by atoms with van der Waals surface area (Å²) in [7, 11) is 0. The lowest BCUT2D eigenvalue weighted by Gasteiger charge is -2.16. The fraction of sp³-hybridized carbons (Fsp3) is 0.125.